The molecular formula is C16H22O2S. The van der Waals surface area contributed by atoms with Crippen molar-refractivity contribution in [3.05, 3.63) is 29.3 Å². The van der Waals surface area contributed by atoms with Gasteiger partial charge in [-0.25, -0.2) is 0 Å². The first kappa shape index (κ1) is 15.9. The summed E-state index contributed by atoms with van der Waals surface area (Å²) in [4.78, 5) is 0. The highest BCUT2D eigenvalue weighted by Crippen LogP contribution is 2.27. The number of hydrogen-bond donors (Lipinski definition) is 1. The van der Waals surface area contributed by atoms with Gasteiger partial charge in [0.1, 0.15) is 5.75 Å². The molecule has 0 saturated carbocycles. The van der Waals surface area contributed by atoms with E-state index in [1.807, 2.05) is 23.9 Å². The molecule has 1 N–H and O–H groups in total. The first-order valence-electron chi connectivity index (χ1n) is 6.59. The molecule has 2 nitrogen and oxygen atoms in total. The molecule has 3 heteroatoms. The summed E-state index contributed by atoms with van der Waals surface area (Å²) in [6.45, 7) is 4.55. The van der Waals surface area contributed by atoms with Crippen LogP contribution in [-0.4, -0.2) is 24.1 Å². The van der Waals surface area contributed by atoms with E-state index >= 15 is 0 Å². The molecule has 1 rings (SSSR count). The maximum absolute atomic E-state index is 8.73. The molecule has 1 aromatic carbocycles. The van der Waals surface area contributed by atoms with Crippen molar-refractivity contribution in [2.24, 2.45) is 0 Å². The fourth-order valence-electron chi connectivity index (χ4n) is 1.54. The number of methoxy groups -OCH3 is 1. The summed E-state index contributed by atoms with van der Waals surface area (Å²) in [5, 5.41) is 9.37. The van der Waals surface area contributed by atoms with Gasteiger partial charge >= 0.3 is 0 Å². The second kappa shape index (κ2) is 8.90. The van der Waals surface area contributed by atoms with Crippen molar-refractivity contribution >= 4 is 11.8 Å². The molecule has 0 saturated heterocycles. The molecule has 0 fully saturated rings. The largest absolute Gasteiger partial charge is 0.496 e. The second-order valence-electron chi connectivity index (χ2n) is 4.33. The van der Waals surface area contributed by atoms with E-state index in [2.05, 4.69) is 31.8 Å². The van der Waals surface area contributed by atoms with Gasteiger partial charge in [-0.05, 0) is 24.6 Å². The van der Waals surface area contributed by atoms with Crippen molar-refractivity contribution in [3.8, 4) is 17.6 Å². The Morgan fingerprint density at radius 2 is 2.21 bits per heavy atom. The Labute approximate surface area is 120 Å². The first-order chi connectivity index (χ1) is 9.21. The van der Waals surface area contributed by atoms with E-state index in [0.717, 1.165) is 17.1 Å². The molecule has 0 aliphatic heterocycles. The van der Waals surface area contributed by atoms with Gasteiger partial charge in [0.2, 0.25) is 0 Å². The number of aliphatic hydroxyl groups is 1. The highest BCUT2D eigenvalue weighted by Gasteiger charge is 2.06. The van der Waals surface area contributed by atoms with Gasteiger partial charge in [0.25, 0.3) is 0 Å². The highest BCUT2D eigenvalue weighted by atomic mass is 32.2. The van der Waals surface area contributed by atoms with Crippen molar-refractivity contribution in [3.63, 3.8) is 0 Å². The minimum atomic E-state index is 0.111. The van der Waals surface area contributed by atoms with Gasteiger partial charge in [0.05, 0.1) is 13.7 Å². The van der Waals surface area contributed by atoms with E-state index in [4.69, 9.17) is 9.84 Å². The molecule has 1 unspecified atom stereocenters. The summed E-state index contributed by atoms with van der Waals surface area (Å²) in [7, 11) is 1.70. The van der Waals surface area contributed by atoms with E-state index in [1.165, 1.54) is 12.0 Å². The van der Waals surface area contributed by atoms with Crippen LogP contribution in [0, 0.1) is 11.8 Å². The second-order valence-corrected chi connectivity index (χ2v) is 5.76. The lowest BCUT2D eigenvalue weighted by molar-refractivity contribution is 0.305. The van der Waals surface area contributed by atoms with Crippen LogP contribution >= 0.6 is 11.8 Å². The lowest BCUT2D eigenvalue weighted by Gasteiger charge is -2.11. The lowest BCUT2D eigenvalue weighted by Crippen LogP contribution is -1.96. The number of aliphatic hydroxyl groups excluding tert-OH is 1. The third kappa shape index (κ3) is 5.59. The zero-order valence-electron chi connectivity index (χ0n) is 11.9. The van der Waals surface area contributed by atoms with Crippen LogP contribution in [0.15, 0.2) is 18.2 Å². The molecule has 0 aliphatic rings. The molecule has 0 amide bonds. The van der Waals surface area contributed by atoms with Gasteiger partial charge in [-0.2, -0.15) is 11.8 Å². The van der Waals surface area contributed by atoms with Crippen molar-refractivity contribution in [1.82, 2.24) is 0 Å². The van der Waals surface area contributed by atoms with Gasteiger partial charge in [0.15, 0.2) is 0 Å². The zero-order valence-corrected chi connectivity index (χ0v) is 12.7. The Morgan fingerprint density at radius 1 is 1.42 bits per heavy atom. The summed E-state index contributed by atoms with van der Waals surface area (Å²) in [6.07, 6.45) is 1.69. The zero-order chi connectivity index (χ0) is 14.1. The molecule has 19 heavy (non-hydrogen) atoms. The van der Waals surface area contributed by atoms with Gasteiger partial charge in [-0.1, -0.05) is 25.7 Å². The summed E-state index contributed by atoms with van der Waals surface area (Å²) >= 11 is 1.93. The monoisotopic (exact) mass is 278 g/mol. The maximum Gasteiger partial charge on any atom is 0.122 e. The van der Waals surface area contributed by atoms with Crippen LogP contribution in [0.25, 0.3) is 0 Å². The standard InChI is InChI=1S/C16H22O2S/c1-4-13(2)19-12-15-11-14(7-5-6-10-17)8-9-16(15)18-3/h8-9,11,13,17H,4,6,10,12H2,1-3H3. The highest BCUT2D eigenvalue weighted by molar-refractivity contribution is 7.99. The molecule has 1 aromatic rings. The number of hydrogen-bond acceptors (Lipinski definition) is 3. The maximum atomic E-state index is 8.73. The van der Waals surface area contributed by atoms with Gasteiger partial charge in [-0.3, -0.25) is 0 Å². The Kier molecular flexibility index (Phi) is 7.47. The molecule has 0 bridgehead atoms. The topological polar surface area (TPSA) is 29.5 Å². The molecule has 0 aliphatic carbocycles. The Bertz CT molecular complexity index is 446. The minimum absolute atomic E-state index is 0.111. The summed E-state index contributed by atoms with van der Waals surface area (Å²) < 4.78 is 5.39. The molecule has 1 atom stereocenters. The Balaban J connectivity index is 2.81. The van der Waals surface area contributed by atoms with Gasteiger partial charge in [-0.15, -0.1) is 0 Å². The van der Waals surface area contributed by atoms with Gasteiger partial charge < -0.3 is 9.84 Å². The van der Waals surface area contributed by atoms with E-state index in [0.29, 0.717) is 11.7 Å². The van der Waals surface area contributed by atoms with Crippen LogP contribution < -0.4 is 4.74 Å². The van der Waals surface area contributed by atoms with Crippen molar-refractivity contribution in [2.45, 2.75) is 37.7 Å². The van der Waals surface area contributed by atoms with Crippen LogP contribution in [0.4, 0.5) is 0 Å². The van der Waals surface area contributed by atoms with E-state index in [-0.39, 0.29) is 6.61 Å². The molecule has 104 valence electrons. The van der Waals surface area contributed by atoms with Crippen LogP contribution in [0.3, 0.4) is 0 Å². The van der Waals surface area contributed by atoms with Gasteiger partial charge in [0, 0.05) is 28.6 Å². The Hall–Kier alpha value is -1.11. The van der Waals surface area contributed by atoms with Crippen LogP contribution in [0.1, 0.15) is 37.8 Å². The normalized spacial score (nSPS) is 11.6. The number of thioether (sulfide) groups is 1. The lowest BCUT2D eigenvalue weighted by atomic mass is 10.1. The molecule has 0 radical (unpaired) electrons. The van der Waals surface area contributed by atoms with Crippen LogP contribution in [0.5, 0.6) is 5.75 Å². The molecule has 0 heterocycles. The number of benzene rings is 1. The third-order valence-corrected chi connectivity index (χ3v) is 4.23. The number of rotatable bonds is 6. The van der Waals surface area contributed by atoms with E-state index < -0.39 is 0 Å². The van der Waals surface area contributed by atoms with Crippen molar-refractivity contribution in [1.29, 1.82) is 0 Å². The quantitative estimate of drug-likeness (QED) is 0.808. The smallest absolute Gasteiger partial charge is 0.122 e. The Morgan fingerprint density at radius 3 is 2.84 bits per heavy atom. The van der Waals surface area contributed by atoms with Crippen LogP contribution in [0.2, 0.25) is 0 Å². The predicted octanol–water partition coefficient (Wildman–Crippen LogP) is 3.46. The average molecular weight is 278 g/mol. The minimum Gasteiger partial charge on any atom is -0.496 e. The summed E-state index contributed by atoms with van der Waals surface area (Å²) in [5.74, 6) is 7.87. The fourth-order valence-corrected chi connectivity index (χ4v) is 2.46. The van der Waals surface area contributed by atoms with Crippen molar-refractivity contribution in [2.75, 3.05) is 13.7 Å². The average Bonchev–Trinajstić information content (AvgIpc) is 2.45. The molecule has 0 spiro atoms. The van der Waals surface area contributed by atoms with Crippen molar-refractivity contribution < 1.29 is 9.84 Å². The predicted molar refractivity (Wildman–Crippen MR) is 82.6 cm³/mol. The van der Waals surface area contributed by atoms with E-state index in [1.54, 1.807) is 7.11 Å². The van der Waals surface area contributed by atoms with Crippen LogP contribution in [-0.2, 0) is 5.75 Å². The summed E-state index contributed by atoms with van der Waals surface area (Å²) in [5.41, 5.74) is 2.16. The molecule has 0 aromatic heterocycles. The van der Waals surface area contributed by atoms with E-state index in [9.17, 15) is 0 Å². The molecular weight excluding hydrogens is 256 g/mol. The third-order valence-electron chi connectivity index (χ3n) is 2.85. The fraction of sp³-hybridized carbons (Fsp3) is 0.500. The number of ether oxygens (including phenoxy) is 1. The summed E-state index contributed by atoms with van der Waals surface area (Å²) in [6, 6.07) is 6.01. The SMILES string of the molecule is CCC(C)SCc1cc(C#CCCO)ccc1OC. The first-order valence-corrected chi connectivity index (χ1v) is 7.64.